The van der Waals surface area contributed by atoms with Crippen molar-refractivity contribution >= 4 is 17.3 Å². The number of piperidine rings is 1. The van der Waals surface area contributed by atoms with Gasteiger partial charge in [0.15, 0.2) is 0 Å². The molecule has 1 atom stereocenters. The second-order valence-corrected chi connectivity index (χ2v) is 7.60. The minimum absolute atomic E-state index is 0.683. The van der Waals surface area contributed by atoms with E-state index in [0.717, 1.165) is 37.7 Å². The smallest absolute Gasteiger partial charge is 0.0947 e. The van der Waals surface area contributed by atoms with E-state index in [0.29, 0.717) is 6.04 Å². The van der Waals surface area contributed by atoms with Crippen LogP contribution in [0.3, 0.4) is 0 Å². The van der Waals surface area contributed by atoms with Crippen LogP contribution in [0, 0.1) is 0 Å². The molecule has 0 spiro atoms. The topological polar surface area (TPSA) is 22.9 Å². The first-order valence-electron chi connectivity index (χ1n) is 9.26. The molecule has 2 aliphatic heterocycles. The van der Waals surface area contributed by atoms with Gasteiger partial charge < -0.3 is 9.32 Å². The van der Waals surface area contributed by atoms with Crippen molar-refractivity contribution in [2.45, 2.75) is 25.4 Å². The van der Waals surface area contributed by atoms with E-state index < -0.39 is 0 Å². The Labute approximate surface area is 155 Å². The summed E-state index contributed by atoms with van der Waals surface area (Å²) in [6.07, 6.45) is 6.25. The monoisotopic (exact) mass is 359 g/mol. The van der Waals surface area contributed by atoms with Crippen LogP contribution >= 0.6 is 11.6 Å². The summed E-state index contributed by atoms with van der Waals surface area (Å²) >= 11 is 6.14. The van der Waals surface area contributed by atoms with Crippen LogP contribution in [0.15, 0.2) is 47.3 Å². The van der Waals surface area contributed by atoms with Crippen LogP contribution in [-0.2, 0) is 6.54 Å². The Bertz CT molecular complexity index is 667. The molecule has 2 fully saturated rings. The van der Waals surface area contributed by atoms with Gasteiger partial charge in [0.1, 0.15) is 0 Å². The molecule has 5 heteroatoms. The summed E-state index contributed by atoms with van der Waals surface area (Å²) in [5, 5.41) is 0.821. The van der Waals surface area contributed by atoms with Crippen molar-refractivity contribution in [2.24, 2.45) is 0 Å². The molecule has 1 aromatic heterocycles. The molecule has 0 bridgehead atoms. The van der Waals surface area contributed by atoms with Crippen molar-refractivity contribution in [2.75, 3.05) is 44.2 Å². The highest BCUT2D eigenvalue weighted by atomic mass is 35.5. The first-order chi connectivity index (χ1) is 12.3. The molecule has 134 valence electrons. The van der Waals surface area contributed by atoms with Gasteiger partial charge in [0.25, 0.3) is 0 Å². The maximum Gasteiger partial charge on any atom is 0.0947 e. The zero-order valence-electron chi connectivity index (χ0n) is 14.6. The fourth-order valence-electron chi connectivity index (χ4n) is 4.13. The predicted octanol–water partition coefficient (Wildman–Crippen LogP) is 3.72. The summed E-state index contributed by atoms with van der Waals surface area (Å²) in [5.41, 5.74) is 2.53. The molecule has 2 saturated heterocycles. The fourth-order valence-corrected chi connectivity index (χ4v) is 4.32. The molecule has 0 N–H and O–H groups in total. The van der Waals surface area contributed by atoms with E-state index in [1.807, 2.05) is 18.4 Å². The van der Waals surface area contributed by atoms with Crippen LogP contribution in [0.4, 0.5) is 5.69 Å². The summed E-state index contributed by atoms with van der Waals surface area (Å²) in [5.74, 6) is 0. The maximum atomic E-state index is 6.14. The van der Waals surface area contributed by atoms with E-state index in [2.05, 4.69) is 32.9 Å². The van der Waals surface area contributed by atoms with Gasteiger partial charge in [-0.3, -0.25) is 9.80 Å². The third kappa shape index (κ3) is 4.20. The second kappa shape index (κ2) is 7.81. The zero-order chi connectivity index (χ0) is 17.1. The highest BCUT2D eigenvalue weighted by molar-refractivity contribution is 6.30. The molecule has 2 aromatic rings. The van der Waals surface area contributed by atoms with Crippen LogP contribution in [0.25, 0.3) is 0 Å². The van der Waals surface area contributed by atoms with Crippen molar-refractivity contribution in [1.29, 1.82) is 0 Å². The molecule has 2 aliphatic rings. The van der Waals surface area contributed by atoms with Gasteiger partial charge >= 0.3 is 0 Å². The SMILES string of the molecule is Clc1cccc(N2CCN([C@@H]3CCCN(Cc4ccoc4)C3)CC2)c1. The minimum Gasteiger partial charge on any atom is -0.472 e. The summed E-state index contributed by atoms with van der Waals surface area (Å²) in [7, 11) is 0. The van der Waals surface area contributed by atoms with Crippen LogP contribution in [-0.4, -0.2) is 55.1 Å². The van der Waals surface area contributed by atoms with E-state index in [1.165, 1.54) is 37.2 Å². The lowest BCUT2D eigenvalue weighted by atomic mass is 10.0. The van der Waals surface area contributed by atoms with Crippen molar-refractivity contribution < 1.29 is 4.42 Å². The quantitative estimate of drug-likeness (QED) is 0.829. The normalized spacial score (nSPS) is 23.1. The highest BCUT2D eigenvalue weighted by Gasteiger charge is 2.28. The van der Waals surface area contributed by atoms with E-state index in [1.54, 1.807) is 6.26 Å². The predicted molar refractivity (Wildman–Crippen MR) is 102 cm³/mol. The van der Waals surface area contributed by atoms with E-state index >= 15 is 0 Å². The molecule has 25 heavy (non-hydrogen) atoms. The fraction of sp³-hybridized carbons (Fsp3) is 0.500. The number of hydrogen-bond donors (Lipinski definition) is 0. The Morgan fingerprint density at radius 1 is 1.08 bits per heavy atom. The minimum atomic E-state index is 0.683. The van der Waals surface area contributed by atoms with Crippen molar-refractivity contribution in [3.05, 3.63) is 53.4 Å². The Kier molecular flexibility index (Phi) is 5.30. The molecule has 0 unspecified atom stereocenters. The molecule has 0 aliphatic carbocycles. The molecule has 4 rings (SSSR count). The number of likely N-dealkylation sites (tertiary alicyclic amines) is 1. The summed E-state index contributed by atoms with van der Waals surface area (Å²) in [4.78, 5) is 7.71. The summed E-state index contributed by atoms with van der Waals surface area (Å²) in [6, 6.07) is 11.0. The average Bonchev–Trinajstić information content (AvgIpc) is 3.15. The molecular formula is C20H26ClN3O. The Morgan fingerprint density at radius 2 is 1.96 bits per heavy atom. The number of benzene rings is 1. The lowest BCUT2D eigenvalue weighted by molar-refractivity contribution is 0.0887. The number of hydrogen-bond acceptors (Lipinski definition) is 4. The van der Waals surface area contributed by atoms with Gasteiger partial charge in [-0.05, 0) is 43.7 Å². The third-order valence-corrected chi connectivity index (χ3v) is 5.71. The first kappa shape index (κ1) is 17.0. The Hall–Kier alpha value is -1.49. The van der Waals surface area contributed by atoms with E-state index in [9.17, 15) is 0 Å². The number of anilines is 1. The molecule has 3 heterocycles. The van der Waals surface area contributed by atoms with Crippen molar-refractivity contribution in [3.63, 3.8) is 0 Å². The van der Waals surface area contributed by atoms with Gasteiger partial charge in [0, 0.05) is 61.6 Å². The number of halogens is 1. The van der Waals surface area contributed by atoms with Gasteiger partial charge in [-0.1, -0.05) is 17.7 Å². The largest absolute Gasteiger partial charge is 0.472 e. The van der Waals surface area contributed by atoms with Crippen molar-refractivity contribution in [3.8, 4) is 0 Å². The second-order valence-electron chi connectivity index (χ2n) is 7.17. The molecule has 0 saturated carbocycles. The molecular weight excluding hydrogens is 334 g/mol. The van der Waals surface area contributed by atoms with Crippen LogP contribution in [0.1, 0.15) is 18.4 Å². The van der Waals surface area contributed by atoms with Crippen LogP contribution < -0.4 is 4.90 Å². The van der Waals surface area contributed by atoms with Gasteiger partial charge in [0.2, 0.25) is 0 Å². The first-order valence-corrected chi connectivity index (χ1v) is 9.64. The molecule has 0 radical (unpaired) electrons. The van der Waals surface area contributed by atoms with Gasteiger partial charge in [-0.15, -0.1) is 0 Å². The lowest BCUT2D eigenvalue weighted by Crippen LogP contribution is -2.55. The number of furan rings is 1. The van der Waals surface area contributed by atoms with E-state index in [4.69, 9.17) is 16.0 Å². The van der Waals surface area contributed by atoms with Gasteiger partial charge in [-0.2, -0.15) is 0 Å². The van der Waals surface area contributed by atoms with E-state index in [-0.39, 0.29) is 0 Å². The lowest BCUT2D eigenvalue weighted by Gasteiger charge is -2.44. The summed E-state index contributed by atoms with van der Waals surface area (Å²) in [6.45, 7) is 7.81. The molecule has 0 amide bonds. The number of rotatable bonds is 4. The zero-order valence-corrected chi connectivity index (χ0v) is 15.4. The van der Waals surface area contributed by atoms with Crippen LogP contribution in [0.2, 0.25) is 5.02 Å². The Balaban J connectivity index is 1.31. The van der Waals surface area contributed by atoms with Gasteiger partial charge in [-0.25, -0.2) is 0 Å². The van der Waals surface area contributed by atoms with Crippen molar-refractivity contribution in [1.82, 2.24) is 9.80 Å². The maximum absolute atomic E-state index is 6.14. The Morgan fingerprint density at radius 3 is 2.72 bits per heavy atom. The summed E-state index contributed by atoms with van der Waals surface area (Å²) < 4.78 is 5.21. The standard InChI is InChI=1S/C20H26ClN3O/c21-18-3-1-4-19(13-18)23-8-10-24(11-9-23)20-5-2-7-22(15-20)14-17-6-12-25-16-17/h1,3-4,6,12-13,16,20H,2,5,7-11,14-15H2/t20-/m1/s1. The molecule has 1 aromatic carbocycles. The number of piperazine rings is 1. The highest BCUT2D eigenvalue weighted by Crippen LogP contribution is 2.23. The average molecular weight is 360 g/mol. The third-order valence-electron chi connectivity index (χ3n) is 5.47. The molecule has 4 nitrogen and oxygen atoms in total. The van der Waals surface area contributed by atoms with Crippen LogP contribution in [0.5, 0.6) is 0 Å². The van der Waals surface area contributed by atoms with Gasteiger partial charge in [0.05, 0.1) is 12.5 Å². The number of nitrogens with zero attached hydrogens (tertiary/aromatic N) is 3.